The summed E-state index contributed by atoms with van der Waals surface area (Å²) in [5.74, 6) is 0. The van der Waals surface area contributed by atoms with Crippen LogP contribution in [0.3, 0.4) is 0 Å². The lowest BCUT2D eigenvalue weighted by molar-refractivity contribution is 1.60. The first-order valence-corrected chi connectivity index (χ1v) is 7.85. The Kier molecular flexibility index (Phi) is 3.56. The molecule has 3 aromatic rings. The molecular weight excluding hydrogens is 446 g/mol. The van der Waals surface area contributed by atoms with Crippen LogP contribution in [0.1, 0.15) is 0 Å². The van der Waals surface area contributed by atoms with E-state index in [1.807, 2.05) is 0 Å². The van der Waals surface area contributed by atoms with Crippen LogP contribution in [0.5, 0.6) is 0 Å². The third-order valence-electron chi connectivity index (χ3n) is 3.01. The molecule has 0 fully saturated rings. The van der Waals surface area contributed by atoms with Crippen LogP contribution in [0.15, 0.2) is 60.7 Å². The Balaban J connectivity index is 2.42. The van der Waals surface area contributed by atoms with Crippen molar-refractivity contribution in [2.75, 3.05) is 0 Å². The minimum Gasteiger partial charge on any atom is -0.0622 e. The summed E-state index contributed by atoms with van der Waals surface area (Å²) in [7, 11) is 0. The highest BCUT2D eigenvalue weighted by molar-refractivity contribution is 14.1. The summed E-state index contributed by atoms with van der Waals surface area (Å²) in [6.45, 7) is 0. The highest BCUT2D eigenvalue weighted by atomic mass is 127. The van der Waals surface area contributed by atoms with Crippen molar-refractivity contribution in [1.29, 1.82) is 0 Å². The molecule has 3 aromatic carbocycles. The standard InChI is InChI=1S/C16H10I2/c17-14-10-15(18)16(11-6-2-1-3-7-11)13-9-5-4-8-12(13)14/h1-10H. The average Bonchev–Trinajstić information content (AvgIpc) is 2.40. The Labute approximate surface area is 134 Å². The van der Waals surface area contributed by atoms with Crippen molar-refractivity contribution in [3.05, 3.63) is 67.8 Å². The second-order valence-corrected chi connectivity index (χ2v) is 6.45. The van der Waals surface area contributed by atoms with Gasteiger partial charge in [-0.3, -0.25) is 0 Å². The molecule has 0 aliphatic rings. The van der Waals surface area contributed by atoms with Crippen LogP contribution < -0.4 is 0 Å². The van der Waals surface area contributed by atoms with Gasteiger partial charge in [0.15, 0.2) is 0 Å². The molecule has 88 valence electrons. The van der Waals surface area contributed by atoms with Gasteiger partial charge in [0.25, 0.3) is 0 Å². The Morgan fingerprint density at radius 1 is 0.611 bits per heavy atom. The predicted molar refractivity (Wildman–Crippen MR) is 94.8 cm³/mol. The monoisotopic (exact) mass is 456 g/mol. The number of rotatable bonds is 1. The van der Waals surface area contributed by atoms with E-state index in [2.05, 4.69) is 106 Å². The van der Waals surface area contributed by atoms with Gasteiger partial charge in [0.1, 0.15) is 0 Å². The van der Waals surface area contributed by atoms with Crippen LogP contribution >= 0.6 is 45.2 Å². The third kappa shape index (κ3) is 2.16. The molecule has 3 rings (SSSR count). The van der Waals surface area contributed by atoms with Crippen molar-refractivity contribution in [1.82, 2.24) is 0 Å². The number of halogens is 2. The molecule has 0 amide bonds. The first-order valence-electron chi connectivity index (χ1n) is 5.69. The summed E-state index contributed by atoms with van der Waals surface area (Å²) in [6.07, 6.45) is 0. The molecule has 0 atom stereocenters. The summed E-state index contributed by atoms with van der Waals surface area (Å²) >= 11 is 4.85. The van der Waals surface area contributed by atoms with Crippen molar-refractivity contribution in [3.63, 3.8) is 0 Å². The molecule has 0 aromatic heterocycles. The van der Waals surface area contributed by atoms with E-state index in [1.54, 1.807) is 0 Å². The molecule has 0 aliphatic heterocycles. The van der Waals surface area contributed by atoms with Crippen molar-refractivity contribution in [2.24, 2.45) is 0 Å². The fourth-order valence-electron chi connectivity index (χ4n) is 2.20. The second-order valence-electron chi connectivity index (χ2n) is 4.13. The van der Waals surface area contributed by atoms with E-state index < -0.39 is 0 Å². The summed E-state index contributed by atoms with van der Waals surface area (Å²) in [5, 5.41) is 2.66. The van der Waals surface area contributed by atoms with E-state index in [4.69, 9.17) is 0 Å². The van der Waals surface area contributed by atoms with E-state index in [0.717, 1.165) is 0 Å². The minimum atomic E-state index is 1.29. The summed E-state index contributed by atoms with van der Waals surface area (Å²) in [5.41, 5.74) is 2.63. The number of hydrogen-bond donors (Lipinski definition) is 0. The zero-order valence-electron chi connectivity index (χ0n) is 9.53. The molecule has 0 bridgehead atoms. The van der Waals surface area contributed by atoms with E-state index in [0.29, 0.717) is 0 Å². The van der Waals surface area contributed by atoms with Crippen molar-refractivity contribution < 1.29 is 0 Å². The van der Waals surface area contributed by atoms with Crippen LogP contribution in [0.4, 0.5) is 0 Å². The number of benzene rings is 3. The first-order chi connectivity index (χ1) is 8.77. The van der Waals surface area contributed by atoms with E-state index in [-0.39, 0.29) is 0 Å². The molecule has 0 aliphatic carbocycles. The maximum Gasteiger partial charge on any atom is 0.0225 e. The minimum absolute atomic E-state index is 1.29. The number of hydrogen-bond acceptors (Lipinski definition) is 0. The van der Waals surface area contributed by atoms with Crippen molar-refractivity contribution in [2.45, 2.75) is 0 Å². The zero-order chi connectivity index (χ0) is 12.5. The van der Waals surface area contributed by atoms with Gasteiger partial charge in [0, 0.05) is 12.7 Å². The number of fused-ring (bicyclic) bond motifs is 1. The Morgan fingerprint density at radius 3 is 1.94 bits per heavy atom. The molecule has 0 unspecified atom stereocenters. The average molecular weight is 456 g/mol. The second kappa shape index (κ2) is 5.17. The highest BCUT2D eigenvalue weighted by Gasteiger charge is 2.10. The van der Waals surface area contributed by atoms with Gasteiger partial charge in [-0.1, -0.05) is 54.6 Å². The highest BCUT2D eigenvalue weighted by Crippen LogP contribution is 2.35. The molecule has 0 heterocycles. The first kappa shape index (κ1) is 12.4. The van der Waals surface area contributed by atoms with Gasteiger partial charge in [-0.05, 0) is 67.6 Å². The molecule has 0 nitrogen and oxygen atoms in total. The van der Waals surface area contributed by atoms with Crippen LogP contribution in [-0.2, 0) is 0 Å². The quantitative estimate of drug-likeness (QED) is 0.412. The van der Waals surface area contributed by atoms with Gasteiger partial charge < -0.3 is 0 Å². The SMILES string of the molecule is Ic1cc(I)c2ccccc2c1-c1ccccc1. The molecule has 2 heteroatoms. The van der Waals surface area contributed by atoms with Crippen LogP contribution in [0, 0.1) is 7.14 Å². The lowest BCUT2D eigenvalue weighted by atomic mass is 9.98. The van der Waals surface area contributed by atoms with E-state index in [9.17, 15) is 0 Å². The van der Waals surface area contributed by atoms with Gasteiger partial charge in [0.05, 0.1) is 0 Å². The molecular formula is C16H10I2. The Hall–Kier alpha value is -0.620. The summed E-state index contributed by atoms with van der Waals surface area (Å²) in [4.78, 5) is 0. The summed E-state index contributed by atoms with van der Waals surface area (Å²) < 4.78 is 2.62. The lowest BCUT2D eigenvalue weighted by Crippen LogP contribution is -1.88. The van der Waals surface area contributed by atoms with E-state index >= 15 is 0 Å². The van der Waals surface area contributed by atoms with Crippen molar-refractivity contribution in [3.8, 4) is 11.1 Å². The summed E-state index contributed by atoms with van der Waals surface area (Å²) in [6, 6.07) is 21.5. The molecule has 0 radical (unpaired) electrons. The maximum absolute atomic E-state index is 2.43. The topological polar surface area (TPSA) is 0 Å². The molecule has 0 N–H and O–H groups in total. The predicted octanol–water partition coefficient (Wildman–Crippen LogP) is 5.72. The molecule has 0 saturated heterocycles. The van der Waals surface area contributed by atoms with E-state index in [1.165, 1.54) is 29.0 Å². The normalized spacial score (nSPS) is 10.8. The fraction of sp³-hybridized carbons (Fsp3) is 0. The van der Waals surface area contributed by atoms with Crippen molar-refractivity contribution >= 4 is 56.0 Å². The molecule has 18 heavy (non-hydrogen) atoms. The van der Waals surface area contributed by atoms with Gasteiger partial charge in [-0.2, -0.15) is 0 Å². The molecule has 0 spiro atoms. The van der Waals surface area contributed by atoms with Gasteiger partial charge in [0.2, 0.25) is 0 Å². The lowest BCUT2D eigenvalue weighted by Gasteiger charge is -2.11. The zero-order valence-corrected chi connectivity index (χ0v) is 13.8. The largest absolute Gasteiger partial charge is 0.0622 e. The van der Waals surface area contributed by atoms with Crippen LogP contribution in [0.2, 0.25) is 0 Å². The van der Waals surface area contributed by atoms with Gasteiger partial charge in [-0.25, -0.2) is 0 Å². The van der Waals surface area contributed by atoms with Gasteiger partial charge in [-0.15, -0.1) is 0 Å². The maximum atomic E-state index is 2.43. The van der Waals surface area contributed by atoms with Crippen LogP contribution in [0.25, 0.3) is 21.9 Å². The van der Waals surface area contributed by atoms with Crippen LogP contribution in [-0.4, -0.2) is 0 Å². The Bertz CT molecular complexity index is 703. The van der Waals surface area contributed by atoms with Gasteiger partial charge >= 0.3 is 0 Å². The Morgan fingerprint density at radius 2 is 1.22 bits per heavy atom. The smallest absolute Gasteiger partial charge is 0.0225 e. The third-order valence-corrected chi connectivity index (χ3v) is 4.75. The fourth-order valence-corrected chi connectivity index (χ4v) is 4.49. The molecule has 0 saturated carbocycles.